The molecule has 0 aromatic carbocycles. The van der Waals surface area contributed by atoms with Gasteiger partial charge in [-0.2, -0.15) is 0 Å². The first-order valence-electron chi connectivity index (χ1n) is 11.2. The molecule has 0 aromatic heterocycles. The molecule has 30 heavy (non-hydrogen) atoms. The van der Waals surface area contributed by atoms with Gasteiger partial charge in [0.05, 0.1) is 24.1 Å². The van der Waals surface area contributed by atoms with Gasteiger partial charge in [0.1, 0.15) is 5.60 Å². The zero-order valence-electron chi connectivity index (χ0n) is 19.3. The lowest BCUT2D eigenvalue weighted by atomic mass is 9.65. The Morgan fingerprint density at radius 2 is 1.83 bits per heavy atom. The number of sulfonamides is 1. The van der Waals surface area contributed by atoms with Crippen LogP contribution >= 0.6 is 0 Å². The summed E-state index contributed by atoms with van der Waals surface area (Å²) in [5.41, 5.74) is -1.23. The normalized spacial score (nSPS) is 33.6. The Hall–Kier alpha value is -0.643. The molecule has 1 saturated heterocycles. The average Bonchev–Trinajstić information content (AvgIpc) is 3.30. The minimum atomic E-state index is -3.81. The molecular formula is C21H39NO6SSi. The van der Waals surface area contributed by atoms with E-state index in [2.05, 4.69) is 19.6 Å². The number of hydrogen-bond donors (Lipinski definition) is 1. The van der Waals surface area contributed by atoms with E-state index in [9.17, 15) is 18.3 Å². The number of aliphatic hydroxyl groups is 1. The fraction of sp³-hybridized carbons (Fsp3) is 0.952. The minimum absolute atomic E-state index is 0.0149. The van der Waals surface area contributed by atoms with Crippen molar-refractivity contribution in [1.82, 2.24) is 4.31 Å². The van der Waals surface area contributed by atoms with Gasteiger partial charge in [0.25, 0.3) is 0 Å². The quantitative estimate of drug-likeness (QED) is 0.460. The lowest BCUT2D eigenvalue weighted by molar-refractivity contribution is -0.0164. The van der Waals surface area contributed by atoms with Gasteiger partial charge in [-0.1, -0.05) is 19.6 Å². The summed E-state index contributed by atoms with van der Waals surface area (Å²) in [5, 5.41) is 10.9. The monoisotopic (exact) mass is 461 g/mol. The first kappa shape index (κ1) is 24.0. The van der Waals surface area contributed by atoms with Crippen molar-refractivity contribution in [1.29, 1.82) is 0 Å². The zero-order chi connectivity index (χ0) is 22.5. The summed E-state index contributed by atoms with van der Waals surface area (Å²) in [4.78, 5) is 12.9. The van der Waals surface area contributed by atoms with Gasteiger partial charge in [-0.05, 0) is 64.8 Å². The van der Waals surface area contributed by atoms with E-state index in [1.165, 1.54) is 0 Å². The standard InChI is InChI=1S/C21H39NO6SSi/c1-20(2,3)28-19(24)22(29(25,26)13-14-30(4,5)6)12-11-21-15(8-10-17(21)23)7-9-16-18(21)27-16/h15-18,23H,7-14H2,1-6H3/t15-,16-,17+,18-,21-/m1/s1. The van der Waals surface area contributed by atoms with Crippen LogP contribution in [0.5, 0.6) is 0 Å². The SMILES string of the molecule is CC(C)(C)OC(=O)N(CC[C@]12[C@H](CC[C@H]3O[C@H]31)CC[C@@H]2O)S(=O)(=O)CC[Si](C)(C)C. The third-order valence-corrected chi connectivity index (χ3v) is 10.7. The van der Waals surface area contributed by atoms with Crippen LogP contribution in [0, 0.1) is 11.3 Å². The highest BCUT2D eigenvalue weighted by Gasteiger charge is 2.66. The summed E-state index contributed by atoms with van der Waals surface area (Å²) in [6, 6.07) is 0.582. The van der Waals surface area contributed by atoms with Crippen LogP contribution in [0.4, 0.5) is 4.79 Å². The van der Waals surface area contributed by atoms with Gasteiger partial charge in [-0.15, -0.1) is 0 Å². The third-order valence-electron chi connectivity index (χ3n) is 6.87. The van der Waals surface area contributed by atoms with E-state index in [0.717, 1.165) is 23.6 Å². The van der Waals surface area contributed by atoms with Crippen molar-refractivity contribution >= 4 is 24.2 Å². The molecule has 0 aromatic rings. The van der Waals surface area contributed by atoms with E-state index in [1.807, 2.05) is 0 Å². The van der Waals surface area contributed by atoms with Crippen molar-refractivity contribution in [2.24, 2.45) is 11.3 Å². The fourth-order valence-electron chi connectivity index (χ4n) is 5.21. The molecule has 2 aliphatic carbocycles. The molecule has 7 nitrogen and oxygen atoms in total. The lowest BCUT2D eigenvalue weighted by Gasteiger charge is -2.41. The van der Waals surface area contributed by atoms with Gasteiger partial charge in [0.15, 0.2) is 0 Å². The minimum Gasteiger partial charge on any atom is -0.443 e. The van der Waals surface area contributed by atoms with Gasteiger partial charge in [0, 0.05) is 20.0 Å². The Labute approximate surface area is 182 Å². The van der Waals surface area contributed by atoms with Gasteiger partial charge < -0.3 is 14.6 Å². The topological polar surface area (TPSA) is 96.4 Å². The fourth-order valence-corrected chi connectivity index (χ4v) is 9.55. The predicted molar refractivity (Wildman–Crippen MR) is 119 cm³/mol. The molecule has 1 heterocycles. The largest absolute Gasteiger partial charge is 0.443 e. The molecule has 0 unspecified atom stereocenters. The second-order valence-electron chi connectivity index (χ2n) is 11.5. The maximum absolute atomic E-state index is 13.2. The number of aliphatic hydroxyl groups excluding tert-OH is 1. The van der Waals surface area contributed by atoms with Crippen molar-refractivity contribution in [3.05, 3.63) is 0 Å². The highest BCUT2D eigenvalue weighted by atomic mass is 32.2. The molecule has 3 rings (SSSR count). The maximum Gasteiger partial charge on any atom is 0.424 e. The van der Waals surface area contributed by atoms with Crippen LogP contribution in [0.25, 0.3) is 0 Å². The molecular weight excluding hydrogens is 422 g/mol. The highest BCUT2D eigenvalue weighted by molar-refractivity contribution is 7.89. The summed E-state index contributed by atoms with van der Waals surface area (Å²) in [7, 11) is -5.42. The molecule has 174 valence electrons. The number of fused-ring (bicyclic) bond motifs is 3. The molecule has 1 amide bonds. The molecule has 0 spiro atoms. The highest BCUT2D eigenvalue weighted by Crippen LogP contribution is 2.61. The molecule has 0 radical (unpaired) electrons. The molecule has 2 saturated carbocycles. The van der Waals surface area contributed by atoms with Gasteiger partial charge in [0.2, 0.25) is 10.0 Å². The number of carbonyl (C=O) groups excluding carboxylic acids is 1. The third kappa shape index (κ3) is 5.05. The molecule has 3 fully saturated rings. The van der Waals surface area contributed by atoms with Gasteiger partial charge >= 0.3 is 6.09 Å². The molecule has 1 N–H and O–H groups in total. The first-order chi connectivity index (χ1) is 13.7. The maximum atomic E-state index is 13.2. The number of amides is 1. The molecule has 9 heteroatoms. The Morgan fingerprint density at radius 3 is 2.43 bits per heavy atom. The second kappa shape index (κ2) is 8.05. The van der Waals surface area contributed by atoms with E-state index in [-0.39, 0.29) is 24.5 Å². The molecule has 0 bridgehead atoms. The number of carbonyl (C=O) groups is 1. The Kier molecular flexibility index (Phi) is 6.44. The van der Waals surface area contributed by atoms with Crippen molar-refractivity contribution < 1.29 is 27.8 Å². The van der Waals surface area contributed by atoms with Crippen LogP contribution in [-0.2, 0) is 19.5 Å². The summed E-state index contributed by atoms with van der Waals surface area (Å²) < 4.78 is 38.7. The zero-order valence-corrected chi connectivity index (χ0v) is 21.1. The van der Waals surface area contributed by atoms with E-state index in [4.69, 9.17) is 9.47 Å². The number of nitrogens with zero attached hydrogens (tertiary/aromatic N) is 1. The Bertz CT molecular complexity index is 758. The van der Waals surface area contributed by atoms with Crippen LogP contribution in [0.1, 0.15) is 52.9 Å². The first-order valence-corrected chi connectivity index (χ1v) is 16.5. The number of rotatable bonds is 7. The summed E-state index contributed by atoms with van der Waals surface area (Å²) in [5.74, 6) is 0.269. The van der Waals surface area contributed by atoms with Crippen molar-refractivity contribution in [3.63, 3.8) is 0 Å². The van der Waals surface area contributed by atoms with Crippen LogP contribution in [0.3, 0.4) is 0 Å². The molecule has 5 atom stereocenters. The second-order valence-corrected chi connectivity index (χ2v) is 19.1. The van der Waals surface area contributed by atoms with Crippen LogP contribution < -0.4 is 0 Å². The molecule has 3 aliphatic rings. The Morgan fingerprint density at radius 1 is 1.20 bits per heavy atom. The average molecular weight is 462 g/mol. The van der Waals surface area contributed by atoms with Crippen LogP contribution in [0.15, 0.2) is 0 Å². The lowest BCUT2D eigenvalue weighted by Crippen LogP contribution is -2.49. The van der Waals surface area contributed by atoms with Crippen LogP contribution in [-0.4, -0.2) is 68.2 Å². The van der Waals surface area contributed by atoms with Crippen molar-refractivity contribution in [3.8, 4) is 0 Å². The summed E-state index contributed by atoms with van der Waals surface area (Å²) in [6.45, 7) is 11.6. The number of epoxide rings is 1. The number of ether oxygens (including phenoxy) is 2. The Balaban J connectivity index is 1.81. The smallest absolute Gasteiger partial charge is 0.424 e. The van der Waals surface area contributed by atoms with E-state index in [0.29, 0.717) is 24.8 Å². The molecule has 1 aliphatic heterocycles. The van der Waals surface area contributed by atoms with Gasteiger partial charge in [-0.3, -0.25) is 0 Å². The van der Waals surface area contributed by atoms with Crippen molar-refractivity contribution in [2.75, 3.05) is 12.3 Å². The number of hydrogen-bond acceptors (Lipinski definition) is 6. The van der Waals surface area contributed by atoms with E-state index in [1.54, 1.807) is 20.8 Å². The van der Waals surface area contributed by atoms with Gasteiger partial charge in [-0.25, -0.2) is 17.5 Å². The summed E-state index contributed by atoms with van der Waals surface area (Å²) in [6.07, 6.45) is 2.90. The predicted octanol–water partition coefficient (Wildman–Crippen LogP) is 3.60. The van der Waals surface area contributed by atoms with Crippen LogP contribution in [0.2, 0.25) is 25.7 Å². The van der Waals surface area contributed by atoms with E-state index < -0.39 is 41.3 Å². The summed E-state index contributed by atoms with van der Waals surface area (Å²) >= 11 is 0. The van der Waals surface area contributed by atoms with Crippen molar-refractivity contribution in [2.45, 2.75) is 102 Å². The van der Waals surface area contributed by atoms with E-state index >= 15 is 0 Å².